The van der Waals surface area contributed by atoms with Crippen molar-refractivity contribution in [2.75, 3.05) is 17.1 Å². The van der Waals surface area contributed by atoms with Gasteiger partial charge in [-0.2, -0.15) is 0 Å². The van der Waals surface area contributed by atoms with Crippen molar-refractivity contribution >= 4 is 15.8 Å². The molecule has 0 amide bonds. The highest BCUT2D eigenvalue weighted by Gasteiger charge is 2.22. The summed E-state index contributed by atoms with van der Waals surface area (Å²) in [4.78, 5) is 0. The van der Waals surface area contributed by atoms with Gasteiger partial charge in [0, 0.05) is 18.9 Å². The minimum atomic E-state index is -3.45. The lowest BCUT2D eigenvalue weighted by Gasteiger charge is -2.22. The molecule has 0 radical (unpaired) electrons. The van der Waals surface area contributed by atoms with E-state index in [1.807, 2.05) is 30.3 Å². The number of hydrogen-bond acceptors (Lipinski definition) is 4. The topological polar surface area (TPSA) is 73.2 Å². The maximum Gasteiger partial charge on any atom is 0.236 e. The first-order valence-corrected chi connectivity index (χ1v) is 9.01. The molecular formula is C15H19N3O3S. The van der Waals surface area contributed by atoms with Crippen molar-refractivity contribution in [1.82, 2.24) is 9.78 Å². The number of aromatic nitrogens is 2. The summed E-state index contributed by atoms with van der Waals surface area (Å²) in [6, 6.07) is 11.2. The molecule has 1 fully saturated rings. The van der Waals surface area contributed by atoms with Gasteiger partial charge in [0.25, 0.3) is 0 Å². The summed E-state index contributed by atoms with van der Waals surface area (Å²) in [5, 5.41) is 4.24. The molecule has 7 heteroatoms. The number of hydrogen-bond donors (Lipinski definition) is 1. The van der Waals surface area contributed by atoms with Crippen LogP contribution in [0.2, 0.25) is 0 Å². The number of rotatable bonds is 5. The smallest absolute Gasteiger partial charge is 0.236 e. The molecule has 6 nitrogen and oxygen atoms in total. The van der Waals surface area contributed by atoms with Crippen molar-refractivity contribution in [2.45, 2.75) is 25.4 Å². The Morgan fingerprint density at radius 1 is 1.23 bits per heavy atom. The second-order valence-corrected chi connectivity index (χ2v) is 7.12. The van der Waals surface area contributed by atoms with Crippen molar-refractivity contribution in [3.63, 3.8) is 0 Å². The van der Waals surface area contributed by atoms with Gasteiger partial charge in [0.1, 0.15) is 0 Å². The summed E-state index contributed by atoms with van der Waals surface area (Å²) in [7, 11) is -3.45. The Labute approximate surface area is 130 Å². The predicted molar refractivity (Wildman–Crippen MR) is 84.6 cm³/mol. The highest BCUT2D eigenvalue weighted by molar-refractivity contribution is 7.92. The molecule has 2 heterocycles. The van der Waals surface area contributed by atoms with E-state index >= 15 is 0 Å². The monoisotopic (exact) mass is 321 g/mol. The molecule has 1 N–H and O–H groups in total. The molecule has 0 bridgehead atoms. The molecule has 1 aliphatic rings. The zero-order chi connectivity index (χ0) is 15.4. The molecule has 3 rings (SSSR count). The largest absolute Gasteiger partial charge is 0.377 e. The lowest BCUT2D eigenvalue weighted by molar-refractivity contribution is 0.0306. The molecule has 118 valence electrons. The van der Waals surface area contributed by atoms with Crippen LogP contribution in [0.4, 0.5) is 5.82 Å². The van der Waals surface area contributed by atoms with E-state index in [-0.39, 0.29) is 11.9 Å². The van der Waals surface area contributed by atoms with Gasteiger partial charge >= 0.3 is 0 Å². The van der Waals surface area contributed by atoms with Crippen LogP contribution in [0.3, 0.4) is 0 Å². The first-order chi connectivity index (χ1) is 10.6. The van der Waals surface area contributed by atoms with Crippen LogP contribution in [0.5, 0.6) is 0 Å². The summed E-state index contributed by atoms with van der Waals surface area (Å²) in [5.41, 5.74) is 0.878. The third-order valence-corrected chi connectivity index (χ3v) is 4.88. The van der Waals surface area contributed by atoms with Crippen LogP contribution in [0.25, 0.3) is 5.69 Å². The Morgan fingerprint density at radius 2 is 2.05 bits per heavy atom. The van der Waals surface area contributed by atoms with E-state index in [2.05, 4.69) is 9.82 Å². The fourth-order valence-electron chi connectivity index (χ4n) is 2.49. The molecule has 0 aliphatic carbocycles. The molecule has 1 aliphatic heterocycles. The molecule has 0 unspecified atom stereocenters. The first-order valence-electron chi connectivity index (χ1n) is 7.36. The van der Waals surface area contributed by atoms with E-state index < -0.39 is 10.0 Å². The van der Waals surface area contributed by atoms with Gasteiger partial charge in [-0.25, -0.2) is 13.1 Å². The van der Waals surface area contributed by atoms with Crippen molar-refractivity contribution in [3.8, 4) is 5.69 Å². The van der Waals surface area contributed by atoms with Crippen LogP contribution in [-0.4, -0.2) is 36.7 Å². The third-order valence-electron chi connectivity index (χ3n) is 3.55. The van der Waals surface area contributed by atoms with Crippen LogP contribution in [-0.2, 0) is 14.8 Å². The van der Waals surface area contributed by atoms with Gasteiger partial charge in [-0.3, -0.25) is 4.72 Å². The zero-order valence-corrected chi connectivity index (χ0v) is 13.0. The fraction of sp³-hybridized carbons (Fsp3) is 0.400. The van der Waals surface area contributed by atoms with Gasteiger partial charge in [-0.15, -0.1) is 5.10 Å². The number of nitrogens with zero attached hydrogens (tertiary/aromatic N) is 2. The average molecular weight is 321 g/mol. The van der Waals surface area contributed by atoms with Crippen LogP contribution in [0, 0.1) is 0 Å². The van der Waals surface area contributed by atoms with Crippen molar-refractivity contribution < 1.29 is 13.2 Å². The Hall–Kier alpha value is -1.86. The number of ether oxygens (including phenoxy) is 1. The summed E-state index contributed by atoms with van der Waals surface area (Å²) in [5.74, 6) is 0.297. The fourth-order valence-corrected chi connectivity index (χ4v) is 3.75. The van der Waals surface area contributed by atoms with Gasteiger partial charge in [-0.05, 0) is 31.4 Å². The highest BCUT2D eigenvalue weighted by Crippen LogP contribution is 2.16. The van der Waals surface area contributed by atoms with E-state index in [1.165, 1.54) is 0 Å². The molecular weight excluding hydrogens is 302 g/mol. The summed E-state index contributed by atoms with van der Waals surface area (Å²) in [6.45, 7) is 0.642. The second kappa shape index (κ2) is 6.50. The van der Waals surface area contributed by atoms with Crippen LogP contribution in [0.15, 0.2) is 42.6 Å². The Bertz CT molecular complexity index is 707. The maximum absolute atomic E-state index is 12.2. The summed E-state index contributed by atoms with van der Waals surface area (Å²) >= 11 is 0. The van der Waals surface area contributed by atoms with Gasteiger partial charge in [0.2, 0.25) is 10.0 Å². The number of anilines is 1. The summed E-state index contributed by atoms with van der Waals surface area (Å²) < 4.78 is 34.0. The zero-order valence-electron chi connectivity index (χ0n) is 12.2. The van der Waals surface area contributed by atoms with Gasteiger partial charge in [-0.1, -0.05) is 18.2 Å². The lowest BCUT2D eigenvalue weighted by atomic mass is 10.1. The molecule has 0 saturated carbocycles. The third kappa shape index (κ3) is 3.86. The Kier molecular flexibility index (Phi) is 4.44. The van der Waals surface area contributed by atoms with Crippen molar-refractivity contribution in [2.24, 2.45) is 0 Å². The van der Waals surface area contributed by atoms with E-state index in [1.54, 1.807) is 16.9 Å². The molecule has 22 heavy (non-hydrogen) atoms. The lowest BCUT2D eigenvalue weighted by Crippen LogP contribution is -2.31. The predicted octanol–water partition coefficient (Wildman–Crippen LogP) is 2.18. The van der Waals surface area contributed by atoms with Gasteiger partial charge < -0.3 is 4.74 Å². The normalized spacial score (nSPS) is 19.0. The SMILES string of the molecule is O=S(=O)(C[C@@H]1CCCCO1)Nc1ccn(-c2ccccc2)n1. The average Bonchev–Trinajstić information content (AvgIpc) is 2.96. The highest BCUT2D eigenvalue weighted by atomic mass is 32.2. The van der Waals surface area contributed by atoms with E-state index in [0.717, 1.165) is 24.9 Å². The molecule has 1 saturated heterocycles. The van der Waals surface area contributed by atoms with Gasteiger partial charge in [0.15, 0.2) is 5.82 Å². The van der Waals surface area contributed by atoms with Crippen LogP contribution < -0.4 is 4.72 Å². The number of nitrogens with one attached hydrogen (secondary N) is 1. The molecule has 1 atom stereocenters. The minimum Gasteiger partial charge on any atom is -0.377 e. The summed E-state index contributed by atoms with van der Waals surface area (Å²) in [6.07, 6.45) is 4.32. The first kappa shape index (κ1) is 15.1. The van der Waals surface area contributed by atoms with Gasteiger partial charge in [0.05, 0.1) is 17.5 Å². The quantitative estimate of drug-likeness (QED) is 0.916. The minimum absolute atomic E-state index is 0.0226. The Morgan fingerprint density at radius 3 is 2.77 bits per heavy atom. The van der Waals surface area contributed by atoms with E-state index in [9.17, 15) is 8.42 Å². The van der Waals surface area contributed by atoms with E-state index in [0.29, 0.717) is 12.4 Å². The molecule has 2 aromatic rings. The van der Waals surface area contributed by atoms with Crippen molar-refractivity contribution in [1.29, 1.82) is 0 Å². The molecule has 1 aromatic heterocycles. The van der Waals surface area contributed by atoms with Crippen LogP contribution in [0.1, 0.15) is 19.3 Å². The number of para-hydroxylation sites is 1. The second-order valence-electron chi connectivity index (χ2n) is 5.35. The molecule has 1 aromatic carbocycles. The number of sulfonamides is 1. The standard InChI is InChI=1S/C15H19N3O3S/c19-22(20,12-14-8-4-5-11-21-14)17-15-9-10-18(16-15)13-6-2-1-3-7-13/h1-3,6-7,9-10,14H,4-5,8,11-12H2,(H,16,17)/t14-/m0/s1. The maximum atomic E-state index is 12.2. The van der Waals surface area contributed by atoms with E-state index in [4.69, 9.17) is 4.74 Å². The Balaban J connectivity index is 1.66. The molecule has 0 spiro atoms. The van der Waals surface area contributed by atoms with Crippen LogP contribution >= 0.6 is 0 Å². The number of benzene rings is 1. The van der Waals surface area contributed by atoms with Crippen molar-refractivity contribution in [3.05, 3.63) is 42.6 Å².